The Kier molecular flexibility index (Phi) is 6.10. The lowest BCUT2D eigenvalue weighted by Gasteiger charge is -2.27. The maximum Gasteiger partial charge on any atom is 0.0245 e. The summed E-state index contributed by atoms with van der Waals surface area (Å²) in [5.41, 5.74) is 1.74. The second kappa shape index (κ2) is 6.23. The molecule has 0 fully saturated rings. The van der Waals surface area contributed by atoms with Gasteiger partial charge in [-0.3, -0.25) is 0 Å². The van der Waals surface area contributed by atoms with Crippen molar-refractivity contribution in [3.8, 4) is 0 Å². The molecule has 1 unspecified atom stereocenters. The van der Waals surface area contributed by atoms with E-state index in [1.807, 2.05) is 0 Å². The first kappa shape index (κ1) is 13.7. The van der Waals surface area contributed by atoms with Crippen molar-refractivity contribution in [2.75, 3.05) is 6.54 Å². The highest BCUT2D eigenvalue weighted by molar-refractivity contribution is 4.98. The molecule has 0 saturated carbocycles. The zero-order valence-electron chi connectivity index (χ0n) is 10.6. The summed E-state index contributed by atoms with van der Waals surface area (Å²) < 4.78 is 0. The minimum absolute atomic E-state index is 0.452. The molecule has 1 nitrogen and oxygen atoms in total. The van der Waals surface area contributed by atoms with E-state index in [4.69, 9.17) is 0 Å². The van der Waals surface area contributed by atoms with E-state index in [9.17, 15) is 0 Å². The van der Waals surface area contributed by atoms with Crippen LogP contribution in [0.4, 0.5) is 0 Å². The fraction of sp³-hybridized carbons (Fsp3) is 0.846. The van der Waals surface area contributed by atoms with Crippen LogP contribution >= 0.6 is 0 Å². The summed E-state index contributed by atoms with van der Waals surface area (Å²) in [6.45, 7) is 16.3. The molecule has 0 aliphatic rings. The largest absolute Gasteiger partial charge is 0.311 e. The molecular weight excluding hydrogens is 170 g/mol. The van der Waals surface area contributed by atoms with E-state index < -0.39 is 0 Å². The Hall–Kier alpha value is -0.300. The van der Waals surface area contributed by atoms with Gasteiger partial charge in [0.2, 0.25) is 0 Å². The predicted octanol–water partition coefficient (Wildman–Crippen LogP) is 3.76. The van der Waals surface area contributed by atoms with Gasteiger partial charge in [-0.1, -0.05) is 45.8 Å². The van der Waals surface area contributed by atoms with Crippen molar-refractivity contribution in [2.45, 2.75) is 59.9 Å². The van der Waals surface area contributed by atoms with Crippen molar-refractivity contribution in [1.29, 1.82) is 0 Å². The van der Waals surface area contributed by atoms with Crippen molar-refractivity contribution >= 4 is 0 Å². The van der Waals surface area contributed by atoms with E-state index >= 15 is 0 Å². The molecule has 0 aromatic rings. The highest BCUT2D eigenvalue weighted by Crippen LogP contribution is 2.28. The first-order chi connectivity index (χ1) is 6.45. The minimum Gasteiger partial charge on any atom is -0.311 e. The van der Waals surface area contributed by atoms with Crippen LogP contribution in [-0.2, 0) is 0 Å². The van der Waals surface area contributed by atoms with Gasteiger partial charge in [-0.15, -0.1) is 0 Å². The Morgan fingerprint density at radius 3 is 2.21 bits per heavy atom. The molecule has 1 atom stereocenters. The van der Waals surface area contributed by atoms with Crippen molar-refractivity contribution in [2.24, 2.45) is 5.41 Å². The van der Waals surface area contributed by atoms with Gasteiger partial charge in [0.15, 0.2) is 0 Å². The molecule has 1 heteroatoms. The Balaban J connectivity index is 3.77. The summed E-state index contributed by atoms with van der Waals surface area (Å²) in [5, 5.41) is 3.51. The second-order valence-corrected chi connectivity index (χ2v) is 4.79. The summed E-state index contributed by atoms with van der Waals surface area (Å²) in [7, 11) is 0. The smallest absolute Gasteiger partial charge is 0.0245 e. The van der Waals surface area contributed by atoms with Gasteiger partial charge in [-0.25, -0.2) is 0 Å². The van der Waals surface area contributed by atoms with Crippen molar-refractivity contribution < 1.29 is 0 Å². The first-order valence-corrected chi connectivity index (χ1v) is 5.84. The molecule has 0 radical (unpaired) electrons. The van der Waals surface area contributed by atoms with Crippen LogP contribution in [-0.4, -0.2) is 12.6 Å². The standard InChI is InChI=1S/C13H27N/c1-7-13(6,8-2)9-10-14-12(5)11(3)4/h12,14H,3,7-10H2,1-2,4-6H3. The molecule has 0 aromatic heterocycles. The average molecular weight is 197 g/mol. The zero-order valence-corrected chi connectivity index (χ0v) is 10.6. The fourth-order valence-electron chi connectivity index (χ4n) is 1.37. The van der Waals surface area contributed by atoms with E-state index in [-0.39, 0.29) is 0 Å². The maximum atomic E-state index is 3.95. The third kappa shape index (κ3) is 4.80. The van der Waals surface area contributed by atoms with Crippen LogP contribution in [0.5, 0.6) is 0 Å². The molecule has 84 valence electrons. The molecule has 1 N–H and O–H groups in total. The van der Waals surface area contributed by atoms with Gasteiger partial charge in [-0.05, 0) is 32.2 Å². The van der Waals surface area contributed by atoms with Gasteiger partial charge in [0.05, 0.1) is 0 Å². The van der Waals surface area contributed by atoms with E-state index in [1.54, 1.807) is 0 Å². The van der Waals surface area contributed by atoms with Gasteiger partial charge >= 0.3 is 0 Å². The SMILES string of the molecule is C=C(C)C(C)NCCC(C)(CC)CC. The molecular formula is C13H27N. The van der Waals surface area contributed by atoms with Crippen LogP contribution in [0.2, 0.25) is 0 Å². The minimum atomic E-state index is 0.452. The van der Waals surface area contributed by atoms with Crippen LogP contribution < -0.4 is 5.32 Å². The average Bonchev–Trinajstić information content (AvgIpc) is 2.17. The van der Waals surface area contributed by atoms with Gasteiger partial charge in [0.1, 0.15) is 0 Å². The molecule has 0 amide bonds. The Bertz CT molecular complexity index is 168. The summed E-state index contributed by atoms with van der Waals surface area (Å²) in [4.78, 5) is 0. The molecule has 0 aliphatic carbocycles. The summed E-state index contributed by atoms with van der Waals surface area (Å²) in [6.07, 6.45) is 3.80. The topological polar surface area (TPSA) is 12.0 Å². The van der Waals surface area contributed by atoms with Crippen LogP contribution in [0, 0.1) is 5.41 Å². The van der Waals surface area contributed by atoms with Crippen molar-refractivity contribution in [1.82, 2.24) is 5.32 Å². The van der Waals surface area contributed by atoms with Gasteiger partial charge < -0.3 is 5.32 Å². The normalized spacial score (nSPS) is 14.1. The Morgan fingerprint density at radius 1 is 1.36 bits per heavy atom. The lowest BCUT2D eigenvalue weighted by atomic mass is 9.81. The molecule has 0 spiro atoms. The predicted molar refractivity (Wildman–Crippen MR) is 65.6 cm³/mol. The third-order valence-corrected chi connectivity index (χ3v) is 3.63. The third-order valence-electron chi connectivity index (χ3n) is 3.63. The van der Waals surface area contributed by atoms with E-state index in [0.29, 0.717) is 11.5 Å². The summed E-state index contributed by atoms with van der Waals surface area (Å²) in [6, 6.07) is 0.452. The summed E-state index contributed by atoms with van der Waals surface area (Å²) in [5.74, 6) is 0. The summed E-state index contributed by atoms with van der Waals surface area (Å²) >= 11 is 0. The lowest BCUT2D eigenvalue weighted by Crippen LogP contribution is -2.31. The fourth-order valence-corrected chi connectivity index (χ4v) is 1.37. The van der Waals surface area contributed by atoms with Crippen LogP contribution in [0.25, 0.3) is 0 Å². The van der Waals surface area contributed by atoms with Crippen LogP contribution in [0.3, 0.4) is 0 Å². The van der Waals surface area contributed by atoms with E-state index in [0.717, 1.165) is 6.54 Å². The molecule has 0 bridgehead atoms. The van der Waals surface area contributed by atoms with Crippen LogP contribution in [0.1, 0.15) is 53.9 Å². The van der Waals surface area contributed by atoms with Crippen LogP contribution in [0.15, 0.2) is 12.2 Å². The van der Waals surface area contributed by atoms with Gasteiger partial charge in [0.25, 0.3) is 0 Å². The van der Waals surface area contributed by atoms with Gasteiger partial charge in [0, 0.05) is 6.04 Å². The highest BCUT2D eigenvalue weighted by atomic mass is 14.9. The van der Waals surface area contributed by atoms with Crippen molar-refractivity contribution in [3.05, 3.63) is 12.2 Å². The van der Waals surface area contributed by atoms with Crippen molar-refractivity contribution in [3.63, 3.8) is 0 Å². The molecule has 0 saturated heterocycles. The lowest BCUT2D eigenvalue weighted by molar-refractivity contribution is 0.267. The van der Waals surface area contributed by atoms with Gasteiger partial charge in [-0.2, -0.15) is 0 Å². The second-order valence-electron chi connectivity index (χ2n) is 4.79. The Morgan fingerprint density at radius 2 is 1.86 bits per heavy atom. The number of hydrogen-bond donors (Lipinski definition) is 1. The monoisotopic (exact) mass is 197 g/mol. The number of rotatable bonds is 7. The molecule has 14 heavy (non-hydrogen) atoms. The highest BCUT2D eigenvalue weighted by Gasteiger charge is 2.18. The Labute approximate surface area is 90.0 Å². The zero-order chi connectivity index (χ0) is 11.2. The molecule has 0 aliphatic heterocycles. The number of nitrogens with one attached hydrogen (secondary N) is 1. The first-order valence-electron chi connectivity index (χ1n) is 5.84. The maximum absolute atomic E-state index is 3.95. The van der Waals surface area contributed by atoms with E-state index in [2.05, 4.69) is 46.5 Å². The van der Waals surface area contributed by atoms with E-state index in [1.165, 1.54) is 24.8 Å². The molecule has 0 heterocycles. The molecule has 0 aromatic carbocycles. The number of hydrogen-bond acceptors (Lipinski definition) is 1. The molecule has 0 rings (SSSR count). The quantitative estimate of drug-likeness (QED) is 0.613.